The third kappa shape index (κ3) is 2.52. The van der Waals surface area contributed by atoms with Crippen molar-refractivity contribution in [2.75, 3.05) is 36.0 Å². The van der Waals surface area contributed by atoms with Gasteiger partial charge in [-0.05, 0) is 13.0 Å². The first-order valence-electron chi connectivity index (χ1n) is 7.57. The SMILES string of the molecule is Cc1cc(N2CCN(c3cccc(=O)[nH]3)CC2)n2ncnc2n1. The van der Waals surface area contributed by atoms with Gasteiger partial charge in [0.15, 0.2) is 0 Å². The zero-order valence-electron chi connectivity index (χ0n) is 12.8. The molecule has 1 aliphatic heterocycles. The van der Waals surface area contributed by atoms with Crippen molar-refractivity contribution >= 4 is 17.4 Å². The van der Waals surface area contributed by atoms with Crippen LogP contribution in [0.1, 0.15) is 5.69 Å². The van der Waals surface area contributed by atoms with E-state index >= 15 is 0 Å². The molecule has 0 amide bonds. The molecule has 0 atom stereocenters. The first kappa shape index (κ1) is 13.7. The average Bonchev–Trinajstić information content (AvgIpc) is 3.02. The fourth-order valence-corrected chi connectivity index (χ4v) is 2.93. The molecule has 0 unspecified atom stereocenters. The minimum absolute atomic E-state index is 0.0704. The third-order valence-corrected chi connectivity index (χ3v) is 4.06. The number of nitrogens with zero attached hydrogens (tertiary/aromatic N) is 6. The summed E-state index contributed by atoms with van der Waals surface area (Å²) in [4.78, 5) is 27.3. The summed E-state index contributed by atoms with van der Waals surface area (Å²) in [6.07, 6.45) is 1.52. The lowest BCUT2D eigenvalue weighted by molar-refractivity contribution is 0.632. The monoisotopic (exact) mass is 311 g/mol. The molecule has 23 heavy (non-hydrogen) atoms. The lowest BCUT2D eigenvalue weighted by Crippen LogP contribution is -2.47. The van der Waals surface area contributed by atoms with Gasteiger partial charge in [0.1, 0.15) is 18.0 Å². The van der Waals surface area contributed by atoms with Crippen LogP contribution in [0.15, 0.2) is 35.4 Å². The van der Waals surface area contributed by atoms with Crippen LogP contribution in [-0.2, 0) is 0 Å². The summed E-state index contributed by atoms with van der Waals surface area (Å²) >= 11 is 0. The van der Waals surface area contributed by atoms with Gasteiger partial charge in [-0.2, -0.15) is 14.6 Å². The van der Waals surface area contributed by atoms with Crippen LogP contribution >= 0.6 is 0 Å². The minimum atomic E-state index is -0.0704. The molecule has 0 saturated carbocycles. The zero-order valence-corrected chi connectivity index (χ0v) is 12.8. The molecule has 4 rings (SSSR count). The van der Waals surface area contributed by atoms with Gasteiger partial charge in [0.2, 0.25) is 5.56 Å². The molecule has 3 aromatic heterocycles. The summed E-state index contributed by atoms with van der Waals surface area (Å²) < 4.78 is 1.77. The largest absolute Gasteiger partial charge is 0.355 e. The maximum absolute atomic E-state index is 11.5. The highest BCUT2D eigenvalue weighted by atomic mass is 16.1. The maximum Gasteiger partial charge on any atom is 0.254 e. The molecule has 4 heterocycles. The lowest BCUT2D eigenvalue weighted by atomic mass is 10.3. The topological polar surface area (TPSA) is 82.4 Å². The second-order valence-electron chi connectivity index (χ2n) is 5.60. The van der Waals surface area contributed by atoms with E-state index in [2.05, 4.69) is 29.9 Å². The number of H-pyrrole nitrogens is 1. The molecule has 1 aliphatic rings. The van der Waals surface area contributed by atoms with E-state index < -0.39 is 0 Å². The third-order valence-electron chi connectivity index (χ3n) is 4.06. The van der Waals surface area contributed by atoms with E-state index in [0.717, 1.165) is 43.5 Å². The summed E-state index contributed by atoms with van der Waals surface area (Å²) in [5.41, 5.74) is 0.856. The highest BCUT2D eigenvalue weighted by Crippen LogP contribution is 2.19. The van der Waals surface area contributed by atoms with Gasteiger partial charge in [-0.1, -0.05) is 6.07 Å². The van der Waals surface area contributed by atoms with Crippen molar-refractivity contribution in [3.63, 3.8) is 0 Å². The van der Waals surface area contributed by atoms with Gasteiger partial charge < -0.3 is 14.8 Å². The number of pyridine rings is 1. The predicted octanol–water partition coefficient (Wildman–Crippen LogP) is 0.448. The quantitative estimate of drug-likeness (QED) is 0.740. The molecule has 0 radical (unpaired) electrons. The smallest absolute Gasteiger partial charge is 0.254 e. The van der Waals surface area contributed by atoms with Gasteiger partial charge in [-0.15, -0.1) is 0 Å². The molecular formula is C15H17N7O. The van der Waals surface area contributed by atoms with Gasteiger partial charge in [0.05, 0.1) is 0 Å². The lowest BCUT2D eigenvalue weighted by Gasteiger charge is -2.36. The Morgan fingerprint density at radius 2 is 1.91 bits per heavy atom. The summed E-state index contributed by atoms with van der Waals surface area (Å²) in [7, 11) is 0. The van der Waals surface area contributed by atoms with E-state index in [0.29, 0.717) is 5.78 Å². The first-order valence-corrected chi connectivity index (χ1v) is 7.57. The Hall–Kier alpha value is -2.90. The molecule has 1 fully saturated rings. The van der Waals surface area contributed by atoms with Crippen LogP contribution in [0.2, 0.25) is 0 Å². The van der Waals surface area contributed by atoms with E-state index in [-0.39, 0.29) is 5.56 Å². The summed E-state index contributed by atoms with van der Waals surface area (Å²) in [6.45, 7) is 5.31. The van der Waals surface area contributed by atoms with Crippen LogP contribution in [0.4, 0.5) is 11.6 Å². The molecule has 1 saturated heterocycles. The molecule has 118 valence electrons. The highest BCUT2D eigenvalue weighted by Gasteiger charge is 2.20. The number of aromatic nitrogens is 5. The Labute approximate surface area is 132 Å². The van der Waals surface area contributed by atoms with Crippen molar-refractivity contribution in [2.45, 2.75) is 6.92 Å². The normalized spacial score (nSPS) is 15.3. The minimum Gasteiger partial charge on any atom is -0.355 e. The van der Waals surface area contributed by atoms with E-state index in [1.165, 1.54) is 12.4 Å². The fourth-order valence-electron chi connectivity index (χ4n) is 2.93. The maximum atomic E-state index is 11.5. The van der Waals surface area contributed by atoms with Crippen LogP contribution in [-0.4, -0.2) is 50.7 Å². The standard InChI is InChI=1S/C15H17N7O/c1-11-9-14(22-15(18-11)16-10-17-22)21-7-5-20(6-8-21)12-3-2-4-13(23)19-12/h2-4,9-10H,5-8H2,1H3,(H,19,23). The fraction of sp³-hybridized carbons (Fsp3) is 0.333. The number of anilines is 2. The first-order chi connectivity index (χ1) is 11.2. The van der Waals surface area contributed by atoms with Crippen molar-refractivity contribution in [3.05, 3.63) is 46.6 Å². The van der Waals surface area contributed by atoms with Crippen molar-refractivity contribution in [1.82, 2.24) is 24.6 Å². The highest BCUT2D eigenvalue weighted by molar-refractivity contribution is 5.49. The Bertz CT molecular complexity index is 892. The molecule has 0 aliphatic carbocycles. The number of hydrogen-bond donors (Lipinski definition) is 1. The van der Waals surface area contributed by atoms with Crippen molar-refractivity contribution in [2.24, 2.45) is 0 Å². The number of fused-ring (bicyclic) bond motifs is 1. The van der Waals surface area contributed by atoms with Crippen molar-refractivity contribution in [1.29, 1.82) is 0 Å². The second-order valence-corrected chi connectivity index (χ2v) is 5.60. The van der Waals surface area contributed by atoms with E-state index in [9.17, 15) is 4.79 Å². The Balaban J connectivity index is 1.57. The molecular weight excluding hydrogens is 294 g/mol. The zero-order chi connectivity index (χ0) is 15.8. The molecule has 0 spiro atoms. The van der Waals surface area contributed by atoms with Crippen molar-refractivity contribution in [3.8, 4) is 0 Å². The number of hydrogen-bond acceptors (Lipinski definition) is 6. The van der Waals surface area contributed by atoms with Gasteiger partial charge in [0.25, 0.3) is 5.78 Å². The molecule has 3 aromatic rings. The van der Waals surface area contributed by atoms with Crippen LogP contribution < -0.4 is 15.4 Å². The van der Waals surface area contributed by atoms with E-state index in [4.69, 9.17) is 0 Å². The Morgan fingerprint density at radius 3 is 2.70 bits per heavy atom. The van der Waals surface area contributed by atoms with Crippen LogP contribution in [0.5, 0.6) is 0 Å². The number of piperazine rings is 1. The van der Waals surface area contributed by atoms with Crippen LogP contribution in [0, 0.1) is 6.92 Å². The van der Waals surface area contributed by atoms with Gasteiger partial charge >= 0.3 is 0 Å². The number of rotatable bonds is 2. The number of nitrogens with one attached hydrogen (secondary N) is 1. The average molecular weight is 311 g/mol. The predicted molar refractivity (Wildman–Crippen MR) is 87.0 cm³/mol. The van der Waals surface area contributed by atoms with E-state index in [1.54, 1.807) is 10.6 Å². The summed E-state index contributed by atoms with van der Waals surface area (Å²) in [5, 5.41) is 4.26. The van der Waals surface area contributed by atoms with Gasteiger partial charge in [-0.25, -0.2) is 4.98 Å². The number of aryl methyl sites for hydroxylation is 1. The van der Waals surface area contributed by atoms with Crippen LogP contribution in [0.3, 0.4) is 0 Å². The molecule has 8 nitrogen and oxygen atoms in total. The number of aromatic amines is 1. The molecule has 0 aromatic carbocycles. The van der Waals surface area contributed by atoms with Crippen molar-refractivity contribution < 1.29 is 0 Å². The van der Waals surface area contributed by atoms with E-state index in [1.807, 2.05) is 19.1 Å². The molecule has 1 N–H and O–H groups in total. The van der Waals surface area contributed by atoms with Gasteiger partial charge in [0, 0.05) is 44.0 Å². The Kier molecular flexibility index (Phi) is 3.22. The summed E-state index contributed by atoms with van der Waals surface area (Å²) in [6, 6.07) is 7.28. The van der Waals surface area contributed by atoms with Crippen LogP contribution in [0.25, 0.3) is 5.78 Å². The van der Waals surface area contributed by atoms with Gasteiger partial charge in [-0.3, -0.25) is 4.79 Å². The molecule has 0 bridgehead atoms. The second kappa shape index (κ2) is 5.38. The Morgan fingerprint density at radius 1 is 1.13 bits per heavy atom. The molecule has 8 heteroatoms. The summed E-state index contributed by atoms with van der Waals surface area (Å²) in [5.74, 6) is 2.50.